The molecule has 0 amide bonds. The molecule has 5 heteroatoms. The van der Waals surface area contributed by atoms with Gasteiger partial charge in [-0.05, 0) is 79.1 Å². The van der Waals surface area contributed by atoms with Gasteiger partial charge >= 0.3 is 0 Å². The SMILES string of the molecule is OC1(c2ccc(Cl)cc2)CCN(CC/C=C(/c2cccnc2)c2cccc(OC3CC3)c2)CC1. The second-order valence-corrected chi connectivity index (χ2v) is 9.81. The average Bonchev–Trinajstić information content (AvgIpc) is 3.68. The summed E-state index contributed by atoms with van der Waals surface area (Å²) in [6.45, 7) is 2.71. The number of benzene rings is 2. The average molecular weight is 475 g/mol. The molecule has 0 radical (unpaired) electrons. The summed E-state index contributed by atoms with van der Waals surface area (Å²) in [4.78, 5) is 6.78. The van der Waals surface area contributed by atoms with Crippen LogP contribution in [-0.4, -0.2) is 40.7 Å². The summed E-state index contributed by atoms with van der Waals surface area (Å²) in [6.07, 6.45) is 11.1. The maximum absolute atomic E-state index is 11.2. The van der Waals surface area contributed by atoms with E-state index < -0.39 is 5.60 Å². The fourth-order valence-corrected chi connectivity index (χ4v) is 4.75. The maximum Gasteiger partial charge on any atom is 0.120 e. The van der Waals surface area contributed by atoms with E-state index in [1.807, 2.05) is 48.8 Å². The summed E-state index contributed by atoms with van der Waals surface area (Å²) in [5.74, 6) is 0.937. The molecule has 1 aliphatic heterocycles. The van der Waals surface area contributed by atoms with Crippen molar-refractivity contribution in [1.29, 1.82) is 0 Å². The van der Waals surface area contributed by atoms with Crippen molar-refractivity contribution >= 4 is 17.2 Å². The van der Waals surface area contributed by atoms with Crippen molar-refractivity contribution in [3.63, 3.8) is 0 Å². The van der Waals surface area contributed by atoms with Gasteiger partial charge in [0.15, 0.2) is 0 Å². The molecule has 1 aromatic heterocycles. The van der Waals surface area contributed by atoms with Crippen LogP contribution in [0.4, 0.5) is 0 Å². The van der Waals surface area contributed by atoms with Crippen LogP contribution in [0.5, 0.6) is 5.75 Å². The Morgan fingerprint density at radius 1 is 1.06 bits per heavy atom. The highest BCUT2D eigenvalue weighted by Crippen LogP contribution is 2.34. The normalized spacial score (nSPS) is 18.6. The molecule has 34 heavy (non-hydrogen) atoms. The van der Waals surface area contributed by atoms with Crippen molar-refractivity contribution in [1.82, 2.24) is 9.88 Å². The van der Waals surface area contributed by atoms with Crippen LogP contribution in [0.1, 0.15) is 48.8 Å². The van der Waals surface area contributed by atoms with E-state index in [1.54, 1.807) is 0 Å². The van der Waals surface area contributed by atoms with Crippen molar-refractivity contribution in [2.24, 2.45) is 0 Å². The first-order chi connectivity index (χ1) is 16.6. The van der Waals surface area contributed by atoms with Crippen LogP contribution in [0.3, 0.4) is 0 Å². The molecule has 1 saturated heterocycles. The number of pyridine rings is 1. The molecular formula is C29H31ClN2O2. The third-order valence-corrected chi connectivity index (χ3v) is 7.06. The van der Waals surface area contributed by atoms with Gasteiger partial charge in [-0.15, -0.1) is 0 Å². The van der Waals surface area contributed by atoms with Gasteiger partial charge in [0.1, 0.15) is 5.75 Å². The standard InChI is InChI=1S/C29H31ClN2O2/c30-25-10-8-24(9-11-25)29(33)14-18-32(19-15-29)17-3-7-28(23-5-2-16-31-21-23)22-4-1-6-27(20-22)34-26-12-13-26/h1-2,4-11,16,20-21,26,33H,3,12-15,17-19H2/b28-7+. The number of halogens is 1. The Balaban J connectivity index is 1.25. The van der Waals surface area contributed by atoms with Gasteiger partial charge in [-0.2, -0.15) is 0 Å². The summed E-state index contributed by atoms with van der Waals surface area (Å²) in [6, 6.07) is 20.1. The molecule has 176 valence electrons. The summed E-state index contributed by atoms with van der Waals surface area (Å²) in [7, 11) is 0. The predicted molar refractivity (Wildman–Crippen MR) is 137 cm³/mol. The molecule has 4 nitrogen and oxygen atoms in total. The first-order valence-corrected chi connectivity index (χ1v) is 12.6. The van der Waals surface area contributed by atoms with Crippen LogP contribution in [0.2, 0.25) is 5.02 Å². The lowest BCUT2D eigenvalue weighted by Gasteiger charge is -2.38. The Morgan fingerprint density at radius 3 is 2.53 bits per heavy atom. The highest BCUT2D eigenvalue weighted by atomic mass is 35.5. The third kappa shape index (κ3) is 5.69. The lowest BCUT2D eigenvalue weighted by atomic mass is 9.84. The largest absolute Gasteiger partial charge is 0.490 e. The van der Waals surface area contributed by atoms with E-state index in [2.05, 4.69) is 40.2 Å². The summed E-state index contributed by atoms with van der Waals surface area (Å²) in [5, 5.41) is 11.9. The van der Waals surface area contributed by atoms with Gasteiger partial charge in [0.2, 0.25) is 0 Å². The lowest BCUT2D eigenvalue weighted by molar-refractivity contribution is -0.0254. The summed E-state index contributed by atoms with van der Waals surface area (Å²) >= 11 is 6.02. The van der Waals surface area contributed by atoms with Crippen LogP contribution in [0.15, 0.2) is 79.1 Å². The molecule has 2 heterocycles. The number of ether oxygens (including phenoxy) is 1. The Kier molecular flexibility index (Phi) is 7.00. The molecule has 0 spiro atoms. The zero-order valence-corrected chi connectivity index (χ0v) is 20.1. The van der Waals surface area contributed by atoms with Gasteiger partial charge in [-0.3, -0.25) is 4.98 Å². The zero-order valence-electron chi connectivity index (χ0n) is 19.4. The second-order valence-electron chi connectivity index (χ2n) is 9.37. The topological polar surface area (TPSA) is 45.6 Å². The molecule has 0 unspecified atom stereocenters. The van der Waals surface area contributed by atoms with Crippen LogP contribution >= 0.6 is 11.6 Å². The number of rotatable bonds is 8. The fraction of sp³-hybridized carbons (Fsp3) is 0.345. The van der Waals surface area contributed by atoms with Gasteiger partial charge in [0, 0.05) is 42.6 Å². The minimum absolute atomic E-state index is 0.381. The number of likely N-dealkylation sites (tertiary alicyclic amines) is 1. The van der Waals surface area contributed by atoms with Crippen LogP contribution < -0.4 is 4.74 Å². The minimum atomic E-state index is -0.764. The van der Waals surface area contributed by atoms with Gasteiger partial charge < -0.3 is 14.7 Å². The maximum atomic E-state index is 11.2. The van der Waals surface area contributed by atoms with Gasteiger partial charge in [-0.25, -0.2) is 0 Å². The molecule has 1 aliphatic carbocycles. The van der Waals surface area contributed by atoms with Crippen molar-refractivity contribution < 1.29 is 9.84 Å². The first kappa shape index (κ1) is 23.1. The molecule has 2 aliphatic rings. The second kappa shape index (κ2) is 10.3. The number of hydrogen-bond donors (Lipinski definition) is 1. The molecule has 1 N–H and O–H groups in total. The van der Waals surface area contributed by atoms with E-state index in [0.29, 0.717) is 11.1 Å². The Hall–Kier alpha value is -2.66. The predicted octanol–water partition coefficient (Wildman–Crippen LogP) is 6.08. The van der Waals surface area contributed by atoms with Gasteiger partial charge in [-0.1, -0.05) is 48.0 Å². The van der Waals surface area contributed by atoms with Crippen molar-refractivity contribution in [3.05, 3.63) is 101 Å². The third-order valence-electron chi connectivity index (χ3n) is 6.80. The smallest absolute Gasteiger partial charge is 0.120 e. The van der Waals surface area contributed by atoms with E-state index in [-0.39, 0.29) is 0 Å². The van der Waals surface area contributed by atoms with E-state index in [0.717, 1.165) is 74.2 Å². The number of piperidine rings is 1. The quantitative estimate of drug-likeness (QED) is 0.429. The molecule has 1 saturated carbocycles. The van der Waals surface area contributed by atoms with Gasteiger partial charge in [0.05, 0.1) is 11.7 Å². The van der Waals surface area contributed by atoms with Crippen molar-refractivity contribution in [2.45, 2.75) is 43.8 Å². The van der Waals surface area contributed by atoms with Crippen LogP contribution in [0.25, 0.3) is 5.57 Å². The molecule has 2 fully saturated rings. The Morgan fingerprint density at radius 2 is 1.82 bits per heavy atom. The molecule has 0 atom stereocenters. The van der Waals surface area contributed by atoms with E-state index >= 15 is 0 Å². The van der Waals surface area contributed by atoms with E-state index in [9.17, 15) is 5.11 Å². The number of aliphatic hydroxyl groups is 1. The molecule has 0 bridgehead atoms. The number of aromatic nitrogens is 1. The first-order valence-electron chi connectivity index (χ1n) is 12.2. The molecular weight excluding hydrogens is 444 g/mol. The highest BCUT2D eigenvalue weighted by Gasteiger charge is 2.33. The number of hydrogen-bond acceptors (Lipinski definition) is 4. The summed E-state index contributed by atoms with van der Waals surface area (Å²) < 4.78 is 6.03. The van der Waals surface area contributed by atoms with E-state index in [4.69, 9.17) is 16.3 Å². The van der Waals surface area contributed by atoms with Crippen LogP contribution in [0, 0.1) is 0 Å². The molecule has 5 rings (SSSR count). The van der Waals surface area contributed by atoms with Crippen molar-refractivity contribution in [3.8, 4) is 5.75 Å². The zero-order chi connectivity index (χ0) is 23.4. The Bertz CT molecular complexity index is 1120. The number of nitrogens with zero attached hydrogens (tertiary/aromatic N) is 2. The monoisotopic (exact) mass is 474 g/mol. The fourth-order valence-electron chi connectivity index (χ4n) is 4.63. The van der Waals surface area contributed by atoms with Gasteiger partial charge in [0.25, 0.3) is 0 Å². The molecule has 3 aromatic rings. The highest BCUT2D eigenvalue weighted by molar-refractivity contribution is 6.30. The van der Waals surface area contributed by atoms with E-state index in [1.165, 1.54) is 5.57 Å². The lowest BCUT2D eigenvalue weighted by Crippen LogP contribution is -2.42. The summed E-state index contributed by atoms with van der Waals surface area (Å²) in [5.41, 5.74) is 3.65. The minimum Gasteiger partial charge on any atom is -0.490 e. The Labute approximate surface area is 206 Å². The molecule has 2 aromatic carbocycles. The van der Waals surface area contributed by atoms with Crippen LogP contribution in [-0.2, 0) is 5.60 Å². The van der Waals surface area contributed by atoms with Crippen molar-refractivity contribution in [2.75, 3.05) is 19.6 Å².